The van der Waals surface area contributed by atoms with E-state index in [9.17, 15) is 9.90 Å². The van der Waals surface area contributed by atoms with Gasteiger partial charge in [-0.05, 0) is 60.5 Å². The molecule has 4 aromatic rings. The largest absolute Gasteiger partial charge is 0.461 e. The molecule has 6 nitrogen and oxygen atoms in total. The Morgan fingerprint density at radius 3 is 2.64 bits per heavy atom. The van der Waals surface area contributed by atoms with E-state index >= 15 is 0 Å². The van der Waals surface area contributed by atoms with Crippen molar-refractivity contribution in [1.82, 2.24) is 4.90 Å². The van der Waals surface area contributed by atoms with Gasteiger partial charge in [0.2, 0.25) is 0 Å². The molecule has 1 N–H and O–H groups in total. The third-order valence-corrected chi connectivity index (χ3v) is 7.38. The minimum absolute atomic E-state index is 0.0270. The van der Waals surface area contributed by atoms with Crippen molar-refractivity contribution in [2.45, 2.75) is 31.9 Å². The lowest BCUT2D eigenvalue weighted by Gasteiger charge is -2.43. The smallest absolute Gasteiger partial charge is 0.257 e. The molecule has 184 valence electrons. The van der Waals surface area contributed by atoms with Gasteiger partial charge in [0.05, 0.1) is 36.7 Å². The van der Waals surface area contributed by atoms with Crippen molar-refractivity contribution >= 4 is 22.4 Å². The highest BCUT2D eigenvalue weighted by atomic mass is 16.5. The number of ether oxygens (including phenoxy) is 1. The Kier molecular flexibility index (Phi) is 5.78. The van der Waals surface area contributed by atoms with Crippen LogP contribution in [-0.2, 0) is 11.2 Å². The quantitative estimate of drug-likeness (QED) is 0.444. The number of fused-ring (bicyclic) bond motifs is 3. The van der Waals surface area contributed by atoms with Gasteiger partial charge < -0.3 is 24.1 Å². The second-order valence-corrected chi connectivity index (χ2v) is 9.88. The number of nitrogens with zero attached hydrogens (tertiary/aromatic N) is 2. The first-order valence-corrected chi connectivity index (χ1v) is 12.5. The number of hydrogen-bond donors (Lipinski definition) is 1. The molecular weight excluding hydrogens is 452 g/mol. The maximum atomic E-state index is 13.8. The first-order valence-electron chi connectivity index (χ1n) is 12.5. The van der Waals surface area contributed by atoms with Crippen molar-refractivity contribution in [3.05, 3.63) is 89.2 Å². The van der Waals surface area contributed by atoms with E-state index in [4.69, 9.17) is 9.15 Å². The molecule has 3 heterocycles. The van der Waals surface area contributed by atoms with Gasteiger partial charge in [-0.25, -0.2) is 0 Å². The molecule has 6 heteroatoms. The average molecular weight is 483 g/mol. The Morgan fingerprint density at radius 2 is 1.86 bits per heavy atom. The van der Waals surface area contributed by atoms with Crippen LogP contribution in [0, 0.1) is 6.92 Å². The van der Waals surface area contributed by atoms with Crippen molar-refractivity contribution in [3.8, 4) is 11.3 Å². The lowest BCUT2D eigenvalue weighted by Crippen LogP contribution is -2.56. The minimum atomic E-state index is -0.675. The van der Waals surface area contributed by atoms with E-state index in [-0.39, 0.29) is 18.6 Å². The second-order valence-electron chi connectivity index (χ2n) is 9.88. The summed E-state index contributed by atoms with van der Waals surface area (Å²) in [6.07, 6.45) is 0.652. The maximum Gasteiger partial charge on any atom is 0.257 e. The van der Waals surface area contributed by atoms with E-state index in [0.717, 1.165) is 44.7 Å². The average Bonchev–Trinajstić information content (AvgIpc) is 3.33. The minimum Gasteiger partial charge on any atom is -0.461 e. The number of carbonyl (C=O) groups excluding carboxylic acids is 1. The number of furan rings is 1. The summed E-state index contributed by atoms with van der Waals surface area (Å²) in [5.74, 6) is 1.71. The summed E-state index contributed by atoms with van der Waals surface area (Å²) in [5.41, 5.74) is 4.94. The Bertz CT molecular complexity index is 1440. The number of amides is 1. The van der Waals surface area contributed by atoms with Gasteiger partial charge in [-0.15, -0.1) is 0 Å². The van der Waals surface area contributed by atoms with Crippen LogP contribution in [0.5, 0.6) is 0 Å². The number of hydrogen-bond acceptors (Lipinski definition) is 5. The topological polar surface area (TPSA) is 66.2 Å². The molecule has 0 aliphatic carbocycles. The van der Waals surface area contributed by atoms with Gasteiger partial charge in [0.25, 0.3) is 5.91 Å². The summed E-state index contributed by atoms with van der Waals surface area (Å²) in [7, 11) is 2.02. The van der Waals surface area contributed by atoms with Crippen LogP contribution in [0.4, 0.5) is 5.69 Å². The number of rotatable bonds is 4. The zero-order valence-electron chi connectivity index (χ0n) is 20.6. The van der Waals surface area contributed by atoms with Crippen molar-refractivity contribution in [1.29, 1.82) is 0 Å². The van der Waals surface area contributed by atoms with Crippen LogP contribution in [0.2, 0.25) is 0 Å². The first kappa shape index (κ1) is 22.8. The third kappa shape index (κ3) is 3.96. The molecule has 0 bridgehead atoms. The van der Waals surface area contributed by atoms with E-state index < -0.39 is 6.10 Å². The van der Waals surface area contributed by atoms with Gasteiger partial charge >= 0.3 is 0 Å². The molecule has 3 aromatic carbocycles. The fourth-order valence-electron chi connectivity index (χ4n) is 5.65. The highest BCUT2D eigenvalue weighted by molar-refractivity contribution is 6.11. The van der Waals surface area contributed by atoms with Crippen LogP contribution in [-0.4, -0.2) is 55.0 Å². The van der Waals surface area contributed by atoms with Crippen LogP contribution >= 0.6 is 0 Å². The standard InChI is InChI=1S/C30H30N2O4/c1-19-10-11-28(36-19)21-7-5-6-20(14-21)15-22-16-25-29(24-9-4-3-8-23(22)24)31(2)18-32(30(25)34)26-12-13-35-17-27(26)33/h3-11,14,16,26-27,33H,12-13,15,17-18H2,1-2H3. The van der Waals surface area contributed by atoms with E-state index in [0.29, 0.717) is 31.7 Å². The fourth-order valence-corrected chi connectivity index (χ4v) is 5.65. The molecule has 1 aromatic heterocycles. The Labute approximate surface area is 210 Å². The number of anilines is 1. The van der Waals surface area contributed by atoms with Gasteiger partial charge in [0, 0.05) is 24.6 Å². The lowest BCUT2D eigenvalue weighted by atomic mass is 9.91. The molecule has 0 saturated carbocycles. The summed E-state index contributed by atoms with van der Waals surface area (Å²) in [5, 5.41) is 12.8. The normalized spacial score (nSPS) is 20.1. The van der Waals surface area contributed by atoms with Crippen LogP contribution in [0.25, 0.3) is 22.1 Å². The Hall–Kier alpha value is -3.61. The van der Waals surface area contributed by atoms with Gasteiger partial charge in [-0.2, -0.15) is 0 Å². The molecule has 2 aliphatic heterocycles. The molecule has 6 rings (SSSR count). The summed E-state index contributed by atoms with van der Waals surface area (Å²) >= 11 is 0. The van der Waals surface area contributed by atoms with Gasteiger partial charge in [0.15, 0.2) is 0 Å². The number of aliphatic hydroxyl groups excluding tert-OH is 1. The summed E-state index contributed by atoms with van der Waals surface area (Å²) < 4.78 is 11.3. The monoisotopic (exact) mass is 482 g/mol. The number of aryl methyl sites for hydroxylation is 1. The molecule has 1 fully saturated rings. The van der Waals surface area contributed by atoms with Crippen molar-refractivity contribution in [2.75, 3.05) is 31.8 Å². The molecule has 2 unspecified atom stereocenters. The number of aliphatic hydroxyl groups is 1. The van der Waals surface area contributed by atoms with Crippen molar-refractivity contribution < 1.29 is 19.1 Å². The predicted molar refractivity (Wildman–Crippen MR) is 140 cm³/mol. The highest BCUT2D eigenvalue weighted by Crippen LogP contribution is 2.38. The highest BCUT2D eigenvalue weighted by Gasteiger charge is 2.38. The first-order chi connectivity index (χ1) is 17.5. The summed E-state index contributed by atoms with van der Waals surface area (Å²) in [6.45, 7) is 3.21. The SMILES string of the molecule is Cc1ccc(-c2cccc(Cc3cc4c(c5ccccc35)N(C)CN(C3CCOCC3O)C4=O)c2)o1. The zero-order chi connectivity index (χ0) is 24.8. The van der Waals surface area contributed by atoms with Crippen molar-refractivity contribution in [2.24, 2.45) is 0 Å². The lowest BCUT2D eigenvalue weighted by molar-refractivity contribution is -0.0575. The fraction of sp³-hybridized carbons (Fsp3) is 0.300. The Balaban J connectivity index is 1.42. The van der Waals surface area contributed by atoms with E-state index in [2.05, 4.69) is 53.4 Å². The van der Waals surface area contributed by atoms with E-state index in [1.165, 1.54) is 0 Å². The van der Waals surface area contributed by atoms with E-state index in [1.807, 2.05) is 37.1 Å². The molecule has 1 saturated heterocycles. The second kappa shape index (κ2) is 9.12. The Morgan fingerprint density at radius 1 is 1.03 bits per heavy atom. The van der Waals surface area contributed by atoms with Crippen LogP contribution in [0.1, 0.15) is 33.7 Å². The van der Waals surface area contributed by atoms with Gasteiger partial charge in [0.1, 0.15) is 11.5 Å². The number of benzene rings is 3. The molecule has 36 heavy (non-hydrogen) atoms. The molecule has 2 aliphatic rings. The number of carbonyl (C=O) groups is 1. The molecular formula is C30H30N2O4. The molecule has 0 spiro atoms. The molecule has 0 radical (unpaired) electrons. The predicted octanol–water partition coefficient (Wildman–Crippen LogP) is 5.00. The molecule has 2 atom stereocenters. The van der Waals surface area contributed by atoms with Gasteiger partial charge in [-0.1, -0.05) is 42.5 Å². The van der Waals surface area contributed by atoms with Crippen LogP contribution in [0.3, 0.4) is 0 Å². The summed E-state index contributed by atoms with van der Waals surface area (Å²) in [4.78, 5) is 17.8. The molecule has 1 amide bonds. The van der Waals surface area contributed by atoms with Gasteiger partial charge in [-0.3, -0.25) is 4.79 Å². The third-order valence-electron chi connectivity index (χ3n) is 7.38. The van der Waals surface area contributed by atoms with Crippen molar-refractivity contribution in [3.63, 3.8) is 0 Å². The van der Waals surface area contributed by atoms with Crippen LogP contribution < -0.4 is 4.90 Å². The maximum absolute atomic E-state index is 13.8. The van der Waals surface area contributed by atoms with Crippen LogP contribution in [0.15, 0.2) is 71.1 Å². The zero-order valence-corrected chi connectivity index (χ0v) is 20.6. The summed E-state index contributed by atoms with van der Waals surface area (Å²) in [6, 6.07) is 22.5. The van der Waals surface area contributed by atoms with E-state index in [1.54, 1.807) is 0 Å².